The zero-order valence-electron chi connectivity index (χ0n) is 12.2. The first kappa shape index (κ1) is 16.1. The van der Waals surface area contributed by atoms with Gasteiger partial charge in [-0.1, -0.05) is 25.5 Å². The van der Waals surface area contributed by atoms with Crippen LogP contribution in [-0.4, -0.2) is 30.0 Å². The van der Waals surface area contributed by atoms with E-state index in [1.807, 2.05) is 35.9 Å². The Hall–Kier alpha value is -2.28. The summed E-state index contributed by atoms with van der Waals surface area (Å²) in [5, 5.41) is 0. The summed E-state index contributed by atoms with van der Waals surface area (Å²) in [5.74, 6) is -0.746. The van der Waals surface area contributed by atoms with Crippen molar-refractivity contribution in [1.29, 1.82) is 0 Å². The standard InChI is InChI=1S/C15H17N3O3S/c1-2-3-10-22(20,21)18-15(19)9-8-12-11-16-13-6-4-5-7-14(13)17-12/h4-9,11H,2-3,10H2,1H3,(H,18,19)/b9-8+. The Morgan fingerprint density at radius 2 is 2.00 bits per heavy atom. The summed E-state index contributed by atoms with van der Waals surface area (Å²) in [6, 6.07) is 7.36. The summed E-state index contributed by atoms with van der Waals surface area (Å²) >= 11 is 0. The molecular weight excluding hydrogens is 302 g/mol. The molecule has 0 unspecified atom stereocenters. The van der Waals surface area contributed by atoms with Crippen molar-refractivity contribution < 1.29 is 13.2 Å². The van der Waals surface area contributed by atoms with Gasteiger partial charge in [0.15, 0.2) is 0 Å². The molecule has 22 heavy (non-hydrogen) atoms. The third kappa shape index (κ3) is 4.63. The zero-order chi connectivity index (χ0) is 16.0. The SMILES string of the molecule is CCCCS(=O)(=O)NC(=O)/C=C/c1cnc2ccccc2n1. The van der Waals surface area contributed by atoms with Gasteiger partial charge in [-0.05, 0) is 24.6 Å². The molecule has 0 radical (unpaired) electrons. The van der Waals surface area contributed by atoms with Crippen LogP contribution in [0.1, 0.15) is 25.5 Å². The van der Waals surface area contributed by atoms with Crippen LogP contribution in [0.2, 0.25) is 0 Å². The van der Waals surface area contributed by atoms with Crippen molar-refractivity contribution in [2.24, 2.45) is 0 Å². The van der Waals surface area contributed by atoms with Gasteiger partial charge in [0, 0.05) is 6.08 Å². The summed E-state index contributed by atoms with van der Waals surface area (Å²) in [6.45, 7) is 1.88. The van der Waals surface area contributed by atoms with Crippen LogP contribution in [0.25, 0.3) is 17.1 Å². The number of hydrogen-bond acceptors (Lipinski definition) is 5. The molecule has 0 aliphatic carbocycles. The maximum atomic E-state index is 11.6. The highest BCUT2D eigenvalue weighted by atomic mass is 32.2. The summed E-state index contributed by atoms with van der Waals surface area (Å²) in [5.41, 5.74) is 1.95. The number of amides is 1. The molecule has 2 rings (SSSR count). The summed E-state index contributed by atoms with van der Waals surface area (Å²) in [7, 11) is -3.57. The molecule has 0 saturated carbocycles. The van der Waals surface area contributed by atoms with E-state index in [1.165, 1.54) is 12.3 Å². The van der Waals surface area contributed by atoms with E-state index in [9.17, 15) is 13.2 Å². The lowest BCUT2D eigenvalue weighted by atomic mass is 10.3. The number of benzene rings is 1. The zero-order valence-corrected chi connectivity index (χ0v) is 13.0. The van der Waals surface area contributed by atoms with E-state index in [0.29, 0.717) is 17.6 Å². The van der Waals surface area contributed by atoms with Gasteiger partial charge in [-0.2, -0.15) is 0 Å². The van der Waals surface area contributed by atoms with Gasteiger partial charge in [0.05, 0.1) is 28.7 Å². The first-order chi connectivity index (χ1) is 10.5. The number of fused-ring (bicyclic) bond motifs is 1. The molecule has 0 bridgehead atoms. The molecule has 1 amide bonds. The van der Waals surface area contributed by atoms with Gasteiger partial charge in [-0.25, -0.2) is 18.1 Å². The molecule has 0 fully saturated rings. The van der Waals surface area contributed by atoms with Gasteiger partial charge in [-0.15, -0.1) is 0 Å². The Labute approximate surface area is 129 Å². The number of para-hydroxylation sites is 2. The molecule has 0 aliphatic heterocycles. The number of nitrogens with zero attached hydrogens (tertiary/aromatic N) is 2. The molecule has 0 spiro atoms. The second-order valence-corrected chi connectivity index (χ2v) is 6.60. The number of rotatable bonds is 6. The molecule has 6 nitrogen and oxygen atoms in total. The largest absolute Gasteiger partial charge is 0.269 e. The van der Waals surface area contributed by atoms with Crippen molar-refractivity contribution in [1.82, 2.24) is 14.7 Å². The lowest BCUT2D eigenvalue weighted by Crippen LogP contribution is -2.31. The van der Waals surface area contributed by atoms with Gasteiger partial charge in [-0.3, -0.25) is 9.78 Å². The van der Waals surface area contributed by atoms with E-state index in [1.54, 1.807) is 0 Å². The third-order valence-corrected chi connectivity index (χ3v) is 4.23. The van der Waals surface area contributed by atoms with Crippen molar-refractivity contribution in [3.63, 3.8) is 0 Å². The third-order valence-electron chi connectivity index (χ3n) is 2.90. The Bertz CT molecular complexity index is 801. The highest BCUT2D eigenvalue weighted by Crippen LogP contribution is 2.09. The van der Waals surface area contributed by atoms with Gasteiger partial charge >= 0.3 is 0 Å². The molecule has 116 valence electrons. The second kappa shape index (κ2) is 7.13. The number of hydrogen-bond donors (Lipinski definition) is 1. The van der Waals surface area contributed by atoms with Crippen molar-refractivity contribution in [3.8, 4) is 0 Å². The number of aromatic nitrogens is 2. The van der Waals surface area contributed by atoms with Crippen LogP contribution in [0.3, 0.4) is 0 Å². The predicted molar refractivity (Wildman–Crippen MR) is 85.4 cm³/mol. The van der Waals surface area contributed by atoms with Crippen LogP contribution in [0, 0.1) is 0 Å². The van der Waals surface area contributed by atoms with E-state index in [-0.39, 0.29) is 5.75 Å². The van der Waals surface area contributed by atoms with Crippen LogP contribution in [0.15, 0.2) is 36.5 Å². The Kier molecular flexibility index (Phi) is 5.21. The Morgan fingerprint density at radius 1 is 1.27 bits per heavy atom. The van der Waals surface area contributed by atoms with Crippen molar-refractivity contribution in [2.45, 2.75) is 19.8 Å². The molecule has 0 atom stereocenters. The van der Waals surface area contributed by atoms with Crippen LogP contribution in [0.4, 0.5) is 0 Å². The second-order valence-electron chi connectivity index (χ2n) is 4.76. The van der Waals surface area contributed by atoms with Gasteiger partial charge in [0.2, 0.25) is 10.0 Å². The lowest BCUT2D eigenvalue weighted by Gasteiger charge is -2.03. The molecule has 1 aromatic carbocycles. The van der Waals surface area contributed by atoms with Crippen LogP contribution in [-0.2, 0) is 14.8 Å². The minimum absolute atomic E-state index is 0.0567. The minimum atomic E-state index is -3.57. The average Bonchev–Trinajstić information content (AvgIpc) is 2.50. The van der Waals surface area contributed by atoms with E-state index < -0.39 is 15.9 Å². The molecule has 0 saturated heterocycles. The monoisotopic (exact) mass is 319 g/mol. The van der Waals surface area contributed by atoms with E-state index in [2.05, 4.69) is 9.97 Å². The molecule has 1 aromatic heterocycles. The number of unbranched alkanes of at least 4 members (excludes halogenated alkanes) is 1. The molecule has 0 aliphatic rings. The maximum absolute atomic E-state index is 11.6. The smallest absolute Gasteiger partial charge is 0.257 e. The predicted octanol–water partition coefficient (Wildman–Crippen LogP) is 1.89. The van der Waals surface area contributed by atoms with Crippen LogP contribution >= 0.6 is 0 Å². The van der Waals surface area contributed by atoms with Gasteiger partial charge < -0.3 is 0 Å². The number of nitrogens with one attached hydrogen (secondary N) is 1. The first-order valence-electron chi connectivity index (χ1n) is 6.94. The van der Waals surface area contributed by atoms with Crippen LogP contribution in [0.5, 0.6) is 0 Å². The highest BCUT2D eigenvalue weighted by molar-refractivity contribution is 7.90. The Balaban J connectivity index is 2.05. The van der Waals surface area contributed by atoms with Crippen LogP contribution < -0.4 is 4.72 Å². The quantitative estimate of drug-likeness (QED) is 0.821. The normalized spacial score (nSPS) is 11.9. The van der Waals surface area contributed by atoms with Gasteiger partial charge in [0.25, 0.3) is 5.91 Å². The molecule has 1 heterocycles. The minimum Gasteiger partial charge on any atom is -0.269 e. The fourth-order valence-corrected chi connectivity index (χ4v) is 2.93. The van der Waals surface area contributed by atoms with E-state index in [0.717, 1.165) is 18.0 Å². The number of carbonyl (C=O) groups is 1. The summed E-state index contributed by atoms with van der Waals surface area (Å²) in [6.07, 6.45) is 5.37. The fourth-order valence-electron chi connectivity index (χ4n) is 1.79. The maximum Gasteiger partial charge on any atom is 0.257 e. The first-order valence-corrected chi connectivity index (χ1v) is 8.60. The van der Waals surface area contributed by atoms with Crippen molar-refractivity contribution >= 4 is 33.0 Å². The molecule has 7 heteroatoms. The van der Waals surface area contributed by atoms with Crippen molar-refractivity contribution in [2.75, 3.05) is 5.75 Å². The topological polar surface area (TPSA) is 89.0 Å². The summed E-state index contributed by atoms with van der Waals surface area (Å²) < 4.78 is 25.2. The highest BCUT2D eigenvalue weighted by Gasteiger charge is 2.11. The van der Waals surface area contributed by atoms with Crippen molar-refractivity contribution in [3.05, 3.63) is 42.2 Å². The number of carbonyl (C=O) groups excluding carboxylic acids is 1. The number of sulfonamides is 1. The lowest BCUT2D eigenvalue weighted by molar-refractivity contribution is -0.114. The average molecular weight is 319 g/mol. The summed E-state index contributed by atoms with van der Waals surface area (Å²) in [4.78, 5) is 20.2. The molecule has 1 N–H and O–H groups in total. The fraction of sp³-hybridized carbons (Fsp3) is 0.267. The molecule has 2 aromatic rings. The van der Waals surface area contributed by atoms with Gasteiger partial charge in [0.1, 0.15) is 0 Å². The molecular formula is C15H17N3O3S. The Morgan fingerprint density at radius 3 is 2.73 bits per heavy atom. The van der Waals surface area contributed by atoms with E-state index >= 15 is 0 Å². The van der Waals surface area contributed by atoms with E-state index in [4.69, 9.17) is 0 Å².